The Labute approximate surface area is 180 Å². The van der Waals surface area contributed by atoms with Gasteiger partial charge in [-0.2, -0.15) is 0 Å². The standard InChI is InChI=1S/C26H33NO3/c1-4-5-6-20-8-10-22(11-9-20)26(29)30-23-14-12-21(13-15-23)25(28)27-24-16-7-18(2)17-19(24)3/h7,12-17,20,22H,4-6,8-11H2,1-3H3,(H,27,28). The number of hydrogen-bond donors (Lipinski definition) is 1. The van der Waals surface area contributed by atoms with Gasteiger partial charge in [-0.25, -0.2) is 0 Å². The Morgan fingerprint density at radius 1 is 1.00 bits per heavy atom. The van der Waals surface area contributed by atoms with Crippen LogP contribution in [-0.4, -0.2) is 11.9 Å². The molecule has 160 valence electrons. The van der Waals surface area contributed by atoms with Crippen LogP contribution in [0.25, 0.3) is 0 Å². The van der Waals surface area contributed by atoms with Gasteiger partial charge in [0.1, 0.15) is 5.75 Å². The van der Waals surface area contributed by atoms with Gasteiger partial charge in [0.05, 0.1) is 5.92 Å². The van der Waals surface area contributed by atoms with Gasteiger partial charge in [-0.15, -0.1) is 0 Å². The molecule has 3 rings (SSSR count). The smallest absolute Gasteiger partial charge is 0.314 e. The number of unbranched alkanes of at least 4 members (excludes halogenated alkanes) is 1. The maximum atomic E-state index is 12.5. The van der Waals surface area contributed by atoms with E-state index in [1.54, 1.807) is 24.3 Å². The van der Waals surface area contributed by atoms with Gasteiger partial charge >= 0.3 is 5.97 Å². The van der Waals surface area contributed by atoms with E-state index >= 15 is 0 Å². The molecule has 0 unspecified atom stereocenters. The van der Waals surface area contributed by atoms with Crippen molar-refractivity contribution in [2.24, 2.45) is 11.8 Å². The molecule has 1 fully saturated rings. The number of rotatable bonds is 7. The quantitative estimate of drug-likeness (QED) is 0.423. The molecule has 2 aromatic carbocycles. The van der Waals surface area contributed by atoms with Crippen molar-refractivity contribution in [3.63, 3.8) is 0 Å². The monoisotopic (exact) mass is 407 g/mol. The maximum absolute atomic E-state index is 12.5. The van der Waals surface area contributed by atoms with E-state index in [1.807, 2.05) is 32.0 Å². The van der Waals surface area contributed by atoms with Crippen molar-refractivity contribution in [1.29, 1.82) is 0 Å². The molecule has 4 nitrogen and oxygen atoms in total. The van der Waals surface area contributed by atoms with Gasteiger partial charge in [0.2, 0.25) is 0 Å². The zero-order valence-corrected chi connectivity index (χ0v) is 18.4. The Morgan fingerprint density at radius 2 is 1.70 bits per heavy atom. The van der Waals surface area contributed by atoms with Crippen LogP contribution in [-0.2, 0) is 4.79 Å². The van der Waals surface area contributed by atoms with Crippen molar-refractivity contribution in [2.75, 3.05) is 5.32 Å². The molecule has 0 saturated heterocycles. The van der Waals surface area contributed by atoms with E-state index in [4.69, 9.17) is 4.74 Å². The number of esters is 1. The molecule has 1 saturated carbocycles. The van der Waals surface area contributed by atoms with E-state index in [9.17, 15) is 9.59 Å². The van der Waals surface area contributed by atoms with Crippen molar-refractivity contribution < 1.29 is 14.3 Å². The Kier molecular flexibility index (Phi) is 7.67. The first-order chi connectivity index (χ1) is 14.5. The predicted molar refractivity (Wildman–Crippen MR) is 121 cm³/mol. The van der Waals surface area contributed by atoms with E-state index in [2.05, 4.69) is 12.2 Å². The van der Waals surface area contributed by atoms with Crippen molar-refractivity contribution in [3.8, 4) is 5.75 Å². The van der Waals surface area contributed by atoms with Crippen molar-refractivity contribution in [1.82, 2.24) is 0 Å². The fourth-order valence-corrected chi connectivity index (χ4v) is 4.20. The number of benzene rings is 2. The highest BCUT2D eigenvalue weighted by atomic mass is 16.5. The van der Waals surface area contributed by atoms with Crippen LogP contribution in [0.2, 0.25) is 0 Å². The summed E-state index contributed by atoms with van der Waals surface area (Å²) < 4.78 is 5.58. The molecule has 0 spiro atoms. The van der Waals surface area contributed by atoms with Crippen LogP contribution >= 0.6 is 0 Å². The third-order valence-corrected chi connectivity index (χ3v) is 6.11. The minimum absolute atomic E-state index is 0.00429. The van der Waals surface area contributed by atoms with Crippen LogP contribution in [0.3, 0.4) is 0 Å². The van der Waals surface area contributed by atoms with E-state index in [-0.39, 0.29) is 17.8 Å². The predicted octanol–water partition coefficient (Wildman–Crippen LogP) is 6.46. The molecule has 0 atom stereocenters. The van der Waals surface area contributed by atoms with Crippen LogP contribution in [0.5, 0.6) is 5.75 Å². The fourth-order valence-electron chi connectivity index (χ4n) is 4.20. The minimum atomic E-state index is -0.176. The molecule has 1 amide bonds. The van der Waals surface area contributed by atoms with E-state index in [0.717, 1.165) is 48.4 Å². The van der Waals surface area contributed by atoms with E-state index < -0.39 is 0 Å². The molecular formula is C26H33NO3. The number of carbonyl (C=O) groups excluding carboxylic acids is 2. The van der Waals surface area contributed by atoms with Gasteiger partial charge in [0.15, 0.2) is 0 Å². The Balaban J connectivity index is 1.51. The number of aryl methyl sites for hydroxylation is 2. The number of anilines is 1. The van der Waals surface area contributed by atoms with Crippen molar-refractivity contribution in [2.45, 2.75) is 65.7 Å². The molecule has 4 heteroatoms. The highest BCUT2D eigenvalue weighted by Gasteiger charge is 2.27. The number of hydrogen-bond acceptors (Lipinski definition) is 3. The molecular weight excluding hydrogens is 374 g/mol. The largest absolute Gasteiger partial charge is 0.426 e. The number of carbonyl (C=O) groups is 2. The first-order valence-corrected chi connectivity index (χ1v) is 11.2. The van der Waals surface area contributed by atoms with Gasteiger partial charge in [-0.05, 0) is 81.3 Å². The maximum Gasteiger partial charge on any atom is 0.314 e. The molecule has 0 aromatic heterocycles. The molecule has 30 heavy (non-hydrogen) atoms. The van der Waals surface area contributed by atoms with Crippen LogP contribution in [0.1, 0.15) is 73.4 Å². The molecule has 2 aromatic rings. The summed E-state index contributed by atoms with van der Waals surface area (Å²) in [4.78, 5) is 25.0. The first kappa shape index (κ1) is 22.1. The zero-order chi connectivity index (χ0) is 21.5. The summed E-state index contributed by atoms with van der Waals surface area (Å²) in [5, 5.41) is 2.94. The third-order valence-electron chi connectivity index (χ3n) is 6.11. The molecule has 0 bridgehead atoms. The normalized spacial score (nSPS) is 18.6. The van der Waals surface area contributed by atoms with Gasteiger partial charge < -0.3 is 10.1 Å². The lowest BCUT2D eigenvalue weighted by atomic mass is 9.80. The lowest BCUT2D eigenvalue weighted by Crippen LogP contribution is -2.25. The second kappa shape index (κ2) is 10.4. The average molecular weight is 408 g/mol. The minimum Gasteiger partial charge on any atom is -0.426 e. The summed E-state index contributed by atoms with van der Waals surface area (Å²) in [6.45, 7) is 6.22. The first-order valence-electron chi connectivity index (χ1n) is 11.2. The molecule has 1 N–H and O–H groups in total. The van der Waals surface area contributed by atoms with Crippen LogP contribution < -0.4 is 10.1 Å². The van der Waals surface area contributed by atoms with Gasteiger partial charge in [0.25, 0.3) is 5.91 Å². The summed E-state index contributed by atoms with van der Waals surface area (Å²) in [6, 6.07) is 12.7. The summed E-state index contributed by atoms with van der Waals surface area (Å²) >= 11 is 0. The zero-order valence-electron chi connectivity index (χ0n) is 18.4. The highest BCUT2D eigenvalue weighted by molar-refractivity contribution is 6.04. The van der Waals surface area contributed by atoms with Gasteiger partial charge in [-0.1, -0.05) is 43.9 Å². The second-order valence-electron chi connectivity index (χ2n) is 8.58. The molecule has 0 heterocycles. The summed E-state index contributed by atoms with van der Waals surface area (Å²) in [5.74, 6) is 0.942. The van der Waals surface area contributed by atoms with Gasteiger partial charge in [-0.3, -0.25) is 9.59 Å². The summed E-state index contributed by atoms with van der Waals surface area (Å²) in [6.07, 6.45) is 7.88. The Hall–Kier alpha value is -2.62. The van der Waals surface area contributed by atoms with Crippen molar-refractivity contribution >= 4 is 17.6 Å². The van der Waals surface area contributed by atoms with Crippen LogP contribution in [0.4, 0.5) is 5.69 Å². The van der Waals surface area contributed by atoms with Gasteiger partial charge in [0, 0.05) is 11.3 Å². The lowest BCUT2D eigenvalue weighted by molar-refractivity contribution is -0.140. The Morgan fingerprint density at radius 3 is 2.33 bits per heavy atom. The van der Waals surface area contributed by atoms with Crippen molar-refractivity contribution in [3.05, 3.63) is 59.2 Å². The molecule has 0 aliphatic heterocycles. The lowest BCUT2D eigenvalue weighted by Gasteiger charge is -2.27. The fraction of sp³-hybridized carbons (Fsp3) is 0.462. The number of amides is 1. The molecule has 1 aliphatic rings. The second-order valence-corrected chi connectivity index (χ2v) is 8.58. The third kappa shape index (κ3) is 5.94. The SMILES string of the molecule is CCCCC1CCC(C(=O)Oc2ccc(C(=O)Nc3ccc(C)cc3C)cc2)CC1. The highest BCUT2D eigenvalue weighted by Crippen LogP contribution is 2.33. The summed E-state index contributed by atoms with van der Waals surface area (Å²) in [7, 11) is 0. The van der Waals surface area contributed by atoms with Crippen LogP contribution in [0, 0.1) is 25.7 Å². The molecule has 1 aliphatic carbocycles. The van der Waals surface area contributed by atoms with E-state index in [1.165, 1.54) is 19.3 Å². The van der Waals surface area contributed by atoms with Crippen LogP contribution in [0.15, 0.2) is 42.5 Å². The topological polar surface area (TPSA) is 55.4 Å². The van der Waals surface area contributed by atoms with E-state index in [0.29, 0.717) is 11.3 Å². The summed E-state index contributed by atoms with van der Waals surface area (Å²) in [5.41, 5.74) is 3.52. The Bertz CT molecular complexity index is 864. The number of ether oxygens (including phenoxy) is 1. The average Bonchev–Trinajstić information content (AvgIpc) is 2.75. The molecule has 0 radical (unpaired) electrons. The number of nitrogens with one attached hydrogen (secondary N) is 1.